The van der Waals surface area contributed by atoms with Gasteiger partial charge in [-0.05, 0) is 24.6 Å². The predicted molar refractivity (Wildman–Crippen MR) is 121 cm³/mol. The van der Waals surface area contributed by atoms with Crippen LogP contribution in [0.15, 0.2) is 45.0 Å². The van der Waals surface area contributed by atoms with E-state index in [-0.39, 0.29) is 16.5 Å². The number of hydrogen-bond donors (Lipinski definition) is 2. The van der Waals surface area contributed by atoms with Crippen molar-refractivity contribution >= 4 is 63.4 Å². The fraction of sp³-hybridized carbons (Fsp3) is 0.333. The van der Waals surface area contributed by atoms with Gasteiger partial charge >= 0.3 is 5.97 Å². The summed E-state index contributed by atoms with van der Waals surface area (Å²) in [5.41, 5.74) is 0.570. The summed E-state index contributed by atoms with van der Waals surface area (Å²) in [6.07, 6.45) is 1.49. The summed E-state index contributed by atoms with van der Waals surface area (Å²) < 4.78 is 13.0. The molecule has 2 N–H and O–H groups in total. The van der Waals surface area contributed by atoms with Crippen LogP contribution in [0.4, 0.5) is 0 Å². The molecule has 2 aliphatic rings. The van der Waals surface area contributed by atoms with E-state index in [1.807, 2.05) is 6.92 Å². The maximum absolute atomic E-state index is 12.7. The second kappa shape index (κ2) is 9.68. The minimum atomic E-state index is -1.64. The Morgan fingerprint density at radius 1 is 1.38 bits per heavy atom. The van der Waals surface area contributed by atoms with Crippen molar-refractivity contribution in [1.82, 2.24) is 25.4 Å². The number of nitrogens with one attached hydrogen (secondary N) is 1. The lowest BCUT2D eigenvalue weighted by Crippen LogP contribution is -2.70. The number of pyridine rings is 1. The summed E-state index contributed by atoms with van der Waals surface area (Å²) in [7, 11) is -1.64. The molecule has 14 heteroatoms. The largest absolute Gasteiger partial charge is 0.477 e. The lowest BCUT2D eigenvalue weighted by Gasteiger charge is -2.49. The van der Waals surface area contributed by atoms with E-state index in [9.17, 15) is 23.7 Å². The summed E-state index contributed by atoms with van der Waals surface area (Å²) >= 11 is 4.18. The molecule has 10 nitrogen and oxygen atoms in total. The van der Waals surface area contributed by atoms with E-state index in [1.165, 1.54) is 46.0 Å². The van der Waals surface area contributed by atoms with Crippen molar-refractivity contribution < 1.29 is 23.7 Å². The summed E-state index contributed by atoms with van der Waals surface area (Å²) in [6, 6.07) is 4.05. The molecule has 2 amide bonds. The first-order chi connectivity index (χ1) is 15.3. The summed E-state index contributed by atoms with van der Waals surface area (Å²) in [5, 5.41) is 20.9. The van der Waals surface area contributed by atoms with E-state index in [4.69, 9.17) is 0 Å². The number of carbonyl (C=O) groups excluding carboxylic acids is 2. The van der Waals surface area contributed by atoms with Crippen LogP contribution in [0.25, 0.3) is 0 Å². The molecule has 0 aliphatic carbocycles. The second-order valence-corrected chi connectivity index (χ2v) is 11.7. The first-order valence-electron chi connectivity index (χ1n) is 9.27. The van der Waals surface area contributed by atoms with Gasteiger partial charge in [-0.15, -0.1) is 22.0 Å². The van der Waals surface area contributed by atoms with Gasteiger partial charge in [0.25, 0.3) is 5.91 Å². The van der Waals surface area contributed by atoms with Gasteiger partial charge in [-0.1, -0.05) is 29.2 Å². The Morgan fingerprint density at radius 3 is 2.84 bits per heavy atom. The van der Waals surface area contributed by atoms with Crippen LogP contribution in [0.3, 0.4) is 0 Å². The number of aryl methyl sites for hydroxylation is 1. The van der Waals surface area contributed by atoms with Gasteiger partial charge in [-0.3, -0.25) is 18.7 Å². The van der Waals surface area contributed by atoms with Crippen LogP contribution in [-0.4, -0.2) is 75.9 Å². The van der Waals surface area contributed by atoms with Crippen molar-refractivity contribution in [3.05, 3.63) is 40.7 Å². The average Bonchev–Trinajstić information content (AvgIpc) is 3.20. The van der Waals surface area contributed by atoms with E-state index < -0.39 is 40.0 Å². The maximum atomic E-state index is 12.7. The van der Waals surface area contributed by atoms with Crippen molar-refractivity contribution in [2.75, 3.05) is 17.3 Å². The lowest BCUT2D eigenvalue weighted by molar-refractivity contribution is -0.150. The molecule has 4 rings (SSSR count). The molecule has 2 aliphatic heterocycles. The average molecular weight is 512 g/mol. The fourth-order valence-corrected chi connectivity index (χ4v) is 7.35. The molecule has 32 heavy (non-hydrogen) atoms. The number of carbonyl (C=O) groups is 3. The molecule has 3 unspecified atom stereocenters. The number of thioether (sulfide) groups is 2. The molecule has 4 heterocycles. The SMILES string of the molecule is Cc1nnc(SCC2=C(C(=O)O)N3C(=O)C(NC(=O)CS(=O)c4ccccn4)C3SC2)s1. The van der Waals surface area contributed by atoms with E-state index in [1.54, 1.807) is 18.2 Å². The molecule has 0 spiro atoms. The summed E-state index contributed by atoms with van der Waals surface area (Å²) in [4.78, 5) is 42.1. The Bertz CT molecular complexity index is 1120. The van der Waals surface area contributed by atoms with E-state index in [2.05, 4.69) is 20.5 Å². The number of hydrogen-bond acceptors (Lipinski definition) is 10. The molecule has 0 radical (unpaired) electrons. The fourth-order valence-electron chi connectivity index (χ4n) is 3.17. The standard InChI is InChI=1S/C18H17N5O5S4/c1-9-21-22-18(31-9)30-7-10-6-29-16-13(15(25)23(16)14(10)17(26)27)20-11(24)8-32(28)12-4-2-3-5-19-12/h2-5,13,16H,6-8H2,1H3,(H,20,24)(H,26,27). The molecule has 1 saturated heterocycles. The third kappa shape index (κ3) is 4.72. The molecular weight excluding hydrogens is 494 g/mol. The molecule has 168 valence electrons. The van der Waals surface area contributed by atoms with Crippen molar-refractivity contribution in [2.24, 2.45) is 0 Å². The Morgan fingerprint density at radius 2 is 2.19 bits per heavy atom. The minimum Gasteiger partial charge on any atom is -0.477 e. The highest BCUT2D eigenvalue weighted by Crippen LogP contribution is 2.41. The number of aromatic nitrogens is 3. The van der Waals surface area contributed by atoms with Gasteiger partial charge in [0.05, 0.1) is 10.8 Å². The number of carboxylic acids is 1. The normalized spacial score (nSPS) is 21.0. The van der Waals surface area contributed by atoms with Crippen molar-refractivity contribution in [2.45, 2.75) is 27.7 Å². The van der Waals surface area contributed by atoms with E-state index in [0.29, 0.717) is 17.1 Å². The molecule has 0 saturated carbocycles. The quantitative estimate of drug-likeness (QED) is 0.387. The highest BCUT2D eigenvalue weighted by molar-refractivity contribution is 8.01. The van der Waals surface area contributed by atoms with Gasteiger partial charge in [-0.2, -0.15) is 0 Å². The molecule has 0 aromatic carbocycles. The van der Waals surface area contributed by atoms with Gasteiger partial charge in [-0.25, -0.2) is 9.78 Å². The number of fused-ring (bicyclic) bond motifs is 1. The van der Waals surface area contributed by atoms with Crippen LogP contribution >= 0.6 is 34.9 Å². The number of rotatable bonds is 8. The zero-order chi connectivity index (χ0) is 22.8. The Hall–Kier alpha value is -2.29. The van der Waals surface area contributed by atoms with Crippen LogP contribution in [0, 0.1) is 6.92 Å². The van der Waals surface area contributed by atoms with Crippen LogP contribution < -0.4 is 5.32 Å². The Balaban J connectivity index is 1.40. The van der Waals surface area contributed by atoms with Crippen LogP contribution in [0.5, 0.6) is 0 Å². The third-order valence-electron chi connectivity index (χ3n) is 4.58. The highest BCUT2D eigenvalue weighted by atomic mass is 32.2. The molecular formula is C18H17N5O5S4. The van der Waals surface area contributed by atoms with Gasteiger partial charge < -0.3 is 10.4 Å². The zero-order valence-corrected chi connectivity index (χ0v) is 19.9. The molecule has 2 aromatic heterocycles. The summed E-state index contributed by atoms with van der Waals surface area (Å²) in [5.74, 6) is -1.78. The summed E-state index contributed by atoms with van der Waals surface area (Å²) in [6.45, 7) is 1.84. The third-order valence-corrected chi connectivity index (χ3v) is 9.21. The monoisotopic (exact) mass is 511 g/mol. The molecule has 1 fully saturated rings. The molecule has 2 aromatic rings. The van der Waals surface area contributed by atoms with Crippen LogP contribution in [0.1, 0.15) is 5.01 Å². The van der Waals surface area contributed by atoms with Gasteiger partial charge in [0.1, 0.15) is 32.9 Å². The van der Waals surface area contributed by atoms with Gasteiger partial charge in [0.2, 0.25) is 5.91 Å². The predicted octanol–water partition coefficient (Wildman–Crippen LogP) is 0.880. The maximum Gasteiger partial charge on any atom is 0.352 e. The molecule has 0 bridgehead atoms. The first-order valence-corrected chi connectivity index (χ1v) is 13.4. The number of nitrogens with zero attached hydrogens (tertiary/aromatic N) is 4. The zero-order valence-electron chi connectivity index (χ0n) is 16.6. The number of carboxylic acid groups (broad SMARTS) is 1. The molecule has 3 atom stereocenters. The topological polar surface area (TPSA) is 142 Å². The van der Waals surface area contributed by atoms with E-state index >= 15 is 0 Å². The Kier molecular flexibility index (Phi) is 6.93. The lowest BCUT2D eigenvalue weighted by atomic mass is 10.0. The van der Waals surface area contributed by atoms with Gasteiger partial charge in [0.15, 0.2) is 4.34 Å². The minimum absolute atomic E-state index is 0.0463. The van der Waals surface area contributed by atoms with Crippen molar-refractivity contribution in [3.63, 3.8) is 0 Å². The second-order valence-electron chi connectivity index (χ2n) is 6.75. The van der Waals surface area contributed by atoms with Crippen molar-refractivity contribution in [3.8, 4) is 0 Å². The number of aliphatic carboxylic acids is 1. The first kappa shape index (κ1) is 22.9. The highest BCUT2D eigenvalue weighted by Gasteiger charge is 2.54. The van der Waals surface area contributed by atoms with E-state index in [0.717, 1.165) is 9.35 Å². The van der Waals surface area contributed by atoms with Crippen LogP contribution in [0.2, 0.25) is 0 Å². The van der Waals surface area contributed by atoms with Gasteiger partial charge in [0, 0.05) is 17.7 Å². The number of β-lactam (4-membered cyclic amide) rings is 1. The Labute approximate surface area is 197 Å². The smallest absolute Gasteiger partial charge is 0.352 e. The van der Waals surface area contributed by atoms with Crippen molar-refractivity contribution in [1.29, 1.82) is 0 Å². The van der Waals surface area contributed by atoms with Crippen LogP contribution in [-0.2, 0) is 25.2 Å². The number of amides is 2.